The van der Waals surface area contributed by atoms with E-state index in [1.165, 1.54) is 0 Å². The lowest BCUT2D eigenvalue weighted by atomic mass is 10.1. The Morgan fingerprint density at radius 2 is 1.87 bits per heavy atom. The molecule has 0 atom stereocenters. The fraction of sp³-hybridized carbons (Fsp3) is 0.455. The van der Waals surface area contributed by atoms with Crippen LogP contribution in [-0.2, 0) is 6.42 Å². The predicted molar refractivity (Wildman–Crippen MR) is 62.7 cm³/mol. The summed E-state index contributed by atoms with van der Waals surface area (Å²) in [6.45, 7) is 0.182. The van der Waals surface area contributed by atoms with Gasteiger partial charge in [0.2, 0.25) is 0 Å². The molecule has 0 unspecified atom stereocenters. The minimum Gasteiger partial charge on any atom is -0.493 e. The van der Waals surface area contributed by atoms with Gasteiger partial charge in [0.1, 0.15) is 0 Å². The van der Waals surface area contributed by atoms with Crippen LogP contribution in [-0.4, -0.2) is 25.9 Å². The van der Waals surface area contributed by atoms with Crippen molar-refractivity contribution in [1.29, 1.82) is 0 Å². The molecule has 0 aliphatic heterocycles. The number of hydrogen-bond donors (Lipinski definition) is 1. The molecule has 0 aromatic heterocycles. The maximum absolute atomic E-state index is 8.79. The van der Waals surface area contributed by atoms with Gasteiger partial charge in [0.05, 0.1) is 18.7 Å². The number of hydrogen-bond acceptors (Lipinski definition) is 3. The van der Waals surface area contributed by atoms with Gasteiger partial charge in [0.25, 0.3) is 0 Å². The first-order valence-electron chi connectivity index (χ1n) is 4.74. The van der Waals surface area contributed by atoms with Crippen molar-refractivity contribution in [3.8, 4) is 11.5 Å². The topological polar surface area (TPSA) is 38.7 Å². The molecule has 0 spiro atoms. The molecule has 1 N–H and O–H groups in total. The van der Waals surface area contributed by atoms with Crippen LogP contribution in [0.4, 0.5) is 0 Å². The van der Waals surface area contributed by atoms with Crippen molar-refractivity contribution in [2.75, 3.05) is 20.8 Å². The van der Waals surface area contributed by atoms with Crippen molar-refractivity contribution in [2.24, 2.45) is 0 Å². The molecule has 4 heteroatoms. The average molecular weight is 275 g/mol. The van der Waals surface area contributed by atoms with Gasteiger partial charge >= 0.3 is 0 Å². The van der Waals surface area contributed by atoms with E-state index in [-0.39, 0.29) is 6.61 Å². The van der Waals surface area contributed by atoms with Crippen LogP contribution in [0.1, 0.15) is 12.0 Å². The van der Waals surface area contributed by atoms with E-state index in [9.17, 15) is 0 Å². The van der Waals surface area contributed by atoms with Gasteiger partial charge in [-0.1, -0.05) is 6.07 Å². The fourth-order valence-electron chi connectivity index (χ4n) is 1.46. The van der Waals surface area contributed by atoms with E-state index in [2.05, 4.69) is 15.9 Å². The van der Waals surface area contributed by atoms with Crippen LogP contribution in [0.5, 0.6) is 11.5 Å². The highest BCUT2D eigenvalue weighted by molar-refractivity contribution is 9.10. The van der Waals surface area contributed by atoms with Crippen molar-refractivity contribution in [3.63, 3.8) is 0 Å². The number of rotatable bonds is 5. The highest BCUT2D eigenvalue weighted by atomic mass is 79.9. The highest BCUT2D eigenvalue weighted by Gasteiger charge is 2.12. The van der Waals surface area contributed by atoms with Crippen LogP contribution < -0.4 is 9.47 Å². The highest BCUT2D eigenvalue weighted by Crippen LogP contribution is 2.38. The molecular formula is C11H15BrO3. The summed E-state index contributed by atoms with van der Waals surface area (Å²) in [5.74, 6) is 1.44. The molecule has 0 aliphatic carbocycles. The molecule has 1 rings (SSSR count). The molecule has 0 fully saturated rings. The Morgan fingerprint density at radius 3 is 2.40 bits per heavy atom. The van der Waals surface area contributed by atoms with Gasteiger partial charge in [-0.3, -0.25) is 0 Å². The van der Waals surface area contributed by atoms with Gasteiger partial charge in [-0.15, -0.1) is 0 Å². The van der Waals surface area contributed by atoms with E-state index >= 15 is 0 Å². The van der Waals surface area contributed by atoms with E-state index in [1.807, 2.05) is 12.1 Å². The summed E-state index contributed by atoms with van der Waals surface area (Å²) in [5, 5.41) is 8.79. The molecule has 0 radical (unpaired) electrons. The summed E-state index contributed by atoms with van der Waals surface area (Å²) >= 11 is 3.40. The molecule has 0 saturated heterocycles. The van der Waals surface area contributed by atoms with Crippen LogP contribution in [0, 0.1) is 0 Å². The Bertz CT molecular complexity index is 326. The number of halogens is 1. The maximum atomic E-state index is 8.79. The van der Waals surface area contributed by atoms with Gasteiger partial charge in [0, 0.05) is 6.61 Å². The van der Waals surface area contributed by atoms with Crippen LogP contribution in [0.3, 0.4) is 0 Å². The maximum Gasteiger partial charge on any atom is 0.175 e. The summed E-state index contributed by atoms with van der Waals surface area (Å²) in [7, 11) is 3.23. The zero-order valence-corrected chi connectivity index (χ0v) is 10.5. The lowest BCUT2D eigenvalue weighted by Crippen LogP contribution is -1.98. The molecule has 0 bridgehead atoms. The van der Waals surface area contributed by atoms with E-state index < -0.39 is 0 Å². The van der Waals surface area contributed by atoms with E-state index in [0.29, 0.717) is 5.75 Å². The Balaban J connectivity index is 3.05. The van der Waals surface area contributed by atoms with Gasteiger partial charge in [-0.05, 0) is 40.4 Å². The molecule has 0 heterocycles. The standard InChI is InChI=1S/C11H15BrO3/c1-14-10-8(4-3-7-13)5-6-9(12)11(10)15-2/h5-6,13H,3-4,7H2,1-2H3. The Kier molecular flexibility index (Phi) is 4.91. The predicted octanol–water partition coefficient (Wildman–Crippen LogP) is 2.39. The quantitative estimate of drug-likeness (QED) is 0.896. The molecular weight excluding hydrogens is 260 g/mol. The minimum absolute atomic E-state index is 0.182. The number of methoxy groups -OCH3 is 2. The van der Waals surface area contributed by atoms with Crippen molar-refractivity contribution in [3.05, 3.63) is 22.2 Å². The number of aliphatic hydroxyl groups excluding tert-OH is 1. The Hall–Kier alpha value is -0.740. The van der Waals surface area contributed by atoms with Gasteiger partial charge in [0.15, 0.2) is 11.5 Å². The lowest BCUT2D eigenvalue weighted by Gasteiger charge is -2.13. The second kappa shape index (κ2) is 5.98. The summed E-state index contributed by atoms with van der Waals surface area (Å²) < 4.78 is 11.4. The van der Waals surface area contributed by atoms with Gasteiger partial charge < -0.3 is 14.6 Å². The van der Waals surface area contributed by atoms with Gasteiger partial charge in [-0.25, -0.2) is 0 Å². The van der Waals surface area contributed by atoms with Crippen molar-refractivity contribution in [2.45, 2.75) is 12.8 Å². The lowest BCUT2D eigenvalue weighted by molar-refractivity contribution is 0.287. The van der Waals surface area contributed by atoms with E-state index in [0.717, 1.165) is 28.6 Å². The fourth-order valence-corrected chi connectivity index (χ4v) is 1.93. The Morgan fingerprint density at radius 1 is 1.20 bits per heavy atom. The second-order valence-corrected chi connectivity index (χ2v) is 3.95. The zero-order chi connectivity index (χ0) is 11.3. The molecule has 15 heavy (non-hydrogen) atoms. The SMILES string of the molecule is COc1c(Br)ccc(CCCO)c1OC. The summed E-state index contributed by atoms with van der Waals surface area (Å²) in [6.07, 6.45) is 1.50. The monoisotopic (exact) mass is 274 g/mol. The van der Waals surface area contributed by atoms with Crippen molar-refractivity contribution >= 4 is 15.9 Å². The summed E-state index contributed by atoms with van der Waals surface area (Å²) in [4.78, 5) is 0. The van der Waals surface area contributed by atoms with E-state index in [4.69, 9.17) is 14.6 Å². The smallest absolute Gasteiger partial charge is 0.175 e. The molecule has 0 amide bonds. The third kappa shape index (κ3) is 2.86. The molecule has 0 aliphatic rings. The third-order valence-electron chi connectivity index (χ3n) is 2.16. The molecule has 3 nitrogen and oxygen atoms in total. The van der Waals surface area contributed by atoms with Crippen molar-refractivity contribution < 1.29 is 14.6 Å². The summed E-state index contributed by atoms with van der Waals surface area (Å²) in [5.41, 5.74) is 1.05. The van der Waals surface area contributed by atoms with Crippen LogP contribution >= 0.6 is 15.9 Å². The number of aryl methyl sites for hydroxylation is 1. The summed E-state index contributed by atoms with van der Waals surface area (Å²) in [6, 6.07) is 3.90. The molecule has 0 saturated carbocycles. The third-order valence-corrected chi connectivity index (χ3v) is 2.78. The molecule has 1 aromatic rings. The number of benzene rings is 1. The van der Waals surface area contributed by atoms with E-state index in [1.54, 1.807) is 14.2 Å². The van der Waals surface area contributed by atoms with Gasteiger partial charge in [-0.2, -0.15) is 0 Å². The van der Waals surface area contributed by atoms with Crippen LogP contribution in [0.2, 0.25) is 0 Å². The Labute approximate surface area is 98.1 Å². The first-order chi connectivity index (χ1) is 7.24. The largest absolute Gasteiger partial charge is 0.493 e. The second-order valence-electron chi connectivity index (χ2n) is 3.10. The first kappa shape index (κ1) is 12.3. The van der Waals surface area contributed by atoms with Crippen LogP contribution in [0.25, 0.3) is 0 Å². The zero-order valence-electron chi connectivity index (χ0n) is 8.92. The minimum atomic E-state index is 0.182. The van der Waals surface area contributed by atoms with Crippen molar-refractivity contribution in [1.82, 2.24) is 0 Å². The first-order valence-corrected chi connectivity index (χ1v) is 5.54. The number of ether oxygens (including phenoxy) is 2. The normalized spacial score (nSPS) is 10.1. The van der Waals surface area contributed by atoms with Crippen LogP contribution in [0.15, 0.2) is 16.6 Å². The molecule has 1 aromatic carbocycles. The molecule has 84 valence electrons. The average Bonchev–Trinajstić information content (AvgIpc) is 2.26. The number of aliphatic hydroxyl groups is 1.